The number of fused-ring (bicyclic) bond motifs is 2. The van der Waals surface area contributed by atoms with Gasteiger partial charge in [0.2, 0.25) is 10.0 Å². The maximum atomic E-state index is 12.9. The van der Waals surface area contributed by atoms with E-state index in [1.807, 2.05) is 30.3 Å². The molecule has 1 aliphatic carbocycles. The van der Waals surface area contributed by atoms with Gasteiger partial charge in [0.15, 0.2) is 5.58 Å². The highest BCUT2D eigenvalue weighted by molar-refractivity contribution is 7.89. The summed E-state index contributed by atoms with van der Waals surface area (Å²) >= 11 is 0. The van der Waals surface area contributed by atoms with E-state index in [1.165, 1.54) is 0 Å². The maximum absolute atomic E-state index is 12.9. The average Bonchev–Trinajstić information content (AvgIpc) is 3.16. The second-order valence-corrected chi connectivity index (χ2v) is 8.35. The summed E-state index contributed by atoms with van der Waals surface area (Å²) in [5.41, 5.74) is 2.69. The first-order valence-electron chi connectivity index (χ1n) is 8.08. The fraction of sp³-hybridized carbons (Fsp3) is 0.278. The van der Waals surface area contributed by atoms with Gasteiger partial charge in [-0.2, -0.15) is 0 Å². The van der Waals surface area contributed by atoms with Crippen molar-refractivity contribution in [3.63, 3.8) is 0 Å². The van der Waals surface area contributed by atoms with Crippen molar-refractivity contribution in [2.75, 3.05) is 0 Å². The lowest BCUT2D eigenvalue weighted by molar-refractivity contribution is 0.151. The molecule has 25 heavy (non-hydrogen) atoms. The van der Waals surface area contributed by atoms with Crippen molar-refractivity contribution in [1.82, 2.24) is 9.88 Å². The molecule has 2 aromatic carbocycles. The lowest BCUT2D eigenvalue weighted by Gasteiger charge is -2.20. The Kier molecular flexibility index (Phi) is 3.87. The number of para-hydroxylation sites is 1. The summed E-state index contributed by atoms with van der Waals surface area (Å²) in [4.78, 5) is 0. The van der Waals surface area contributed by atoms with Crippen LogP contribution < -0.4 is 4.72 Å². The number of hydrogen-bond donors (Lipinski definition) is 2. The summed E-state index contributed by atoms with van der Waals surface area (Å²) in [6.45, 7) is 1.57. The standard InChI is InChI=1S/C18H18N2O4S/c1-11(17-14-8-4-5-9-16(14)24-19-17)25(22,23)20-18-13-7-3-2-6-12(13)10-15(18)21/h2-9,11,15,18,20-21H,10H2,1H3/t11-,15-,18-/m0/s1. The molecule has 4 rings (SSSR count). The quantitative estimate of drug-likeness (QED) is 0.747. The van der Waals surface area contributed by atoms with E-state index >= 15 is 0 Å². The number of aromatic nitrogens is 1. The Morgan fingerprint density at radius 2 is 1.92 bits per heavy atom. The van der Waals surface area contributed by atoms with Crippen LogP contribution in [-0.2, 0) is 16.4 Å². The fourth-order valence-electron chi connectivity index (χ4n) is 3.34. The summed E-state index contributed by atoms with van der Waals surface area (Å²) in [5, 5.41) is 14.0. The van der Waals surface area contributed by atoms with Crippen molar-refractivity contribution in [1.29, 1.82) is 0 Å². The van der Waals surface area contributed by atoms with E-state index in [9.17, 15) is 13.5 Å². The van der Waals surface area contributed by atoms with Crippen molar-refractivity contribution in [2.24, 2.45) is 0 Å². The van der Waals surface area contributed by atoms with Crippen molar-refractivity contribution in [3.05, 3.63) is 65.4 Å². The highest BCUT2D eigenvalue weighted by Gasteiger charge is 2.37. The normalized spacial score (nSPS) is 21.4. The zero-order valence-electron chi connectivity index (χ0n) is 13.6. The molecule has 2 N–H and O–H groups in total. The number of hydrogen-bond acceptors (Lipinski definition) is 5. The maximum Gasteiger partial charge on any atom is 0.220 e. The first-order valence-corrected chi connectivity index (χ1v) is 9.63. The second kappa shape index (κ2) is 5.94. The number of benzene rings is 2. The van der Waals surface area contributed by atoms with Crippen molar-refractivity contribution >= 4 is 21.0 Å². The third-order valence-corrected chi connectivity index (χ3v) is 6.49. The third kappa shape index (κ3) is 2.74. The van der Waals surface area contributed by atoms with Crippen molar-refractivity contribution in [3.8, 4) is 0 Å². The van der Waals surface area contributed by atoms with Crippen LogP contribution in [0.5, 0.6) is 0 Å². The van der Waals surface area contributed by atoms with Gasteiger partial charge in [-0.05, 0) is 30.2 Å². The van der Waals surface area contributed by atoms with E-state index in [0.717, 1.165) is 11.1 Å². The molecule has 0 saturated carbocycles. The van der Waals surface area contributed by atoms with Crippen LogP contribution in [0.3, 0.4) is 0 Å². The Morgan fingerprint density at radius 1 is 1.20 bits per heavy atom. The first-order chi connectivity index (χ1) is 12.0. The molecule has 1 aliphatic rings. The van der Waals surface area contributed by atoms with Gasteiger partial charge in [-0.25, -0.2) is 13.1 Å². The molecule has 0 aliphatic heterocycles. The predicted molar refractivity (Wildman–Crippen MR) is 93.4 cm³/mol. The third-order valence-electron chi connectivity index (χ3n) is 4.75. The minimum Gasteiger partial charge on any atom is -0.391 e. The number of sulfonamides is 1. The van der Waals surface area contributed by atoms with Crippen LogP contribution >= 0.6 is 0 Å². The first kappa shape index (κ1) is 16.3. The van der Waals surface area contributed by atoms with E-state index in [0.29, 0.717) is 23.1 Å². The number of aliphatic hydroxyl groups excluding tert-OH is 1. The molecule has 3 atom stereocenters. The Morgan fingerprint density at radius 3 is 2.76 bits per heavy atom. The molecule has 1 heterocycles. The smallest absolute Gasteiger partial charge is 0.220 e. The highest BCUT2D eigenvalue weighted by atomic mass is 32.2. The summed E-state index contributed by atoms with van der Waals surface area (Å²) in [6, 6.07) is 14.0. The molecular weight excluding hydrogens is 340 g/mol. The summed E-state index contributed by atoms with van der Waals surface area (Å²) in [5.74, 6) is 0. The minimum absolute atomic E-state index is 0.365. The van der Waals surface area contributed by atoms with Gasteiger partial charge in [0.05, 0.1) is 12.1 Å². The molecule has 0 spiro atoms. The van der Waals surface area contributed by atoms with Gasteiger partial charge in [-0.1, -0.05) is 41.6 Å². The van der Waals surface area contributed by atoms with Gasteiger partial charge in [0.25, 0.3) is 0 Å². The van der Waals surface area contributed by atoms with Gasteiger partial charge in [0.1, 0.15) is 10.9 Å². The minimum atomic E-state index is -3.77. The van der Waals surface area contributed by atoms with E-state index < -0.39 is 27.4 Å². The monoisotopic (exact) mass is 358 g/mol. The van der Waals surface area contributed by atoms with Crippen molar-refractivity contribution in [2.45, 2.75) is 30.7 Å². The number of rotatable bonds is 4. The SMILES string of the molecule is C[C@@H](c1noc2ccccc12)S(=O)(=O)N[C@H]1c2ccccc2C[C@@H]1O. The molecule has 6 nitrogen and oxygen atoms in total. The summed E-state index contributed by atoms with van der Waals surface area (Å²) in [7, 11) is -3.77. The summed E-state index contributed by atoms with van der Waals surface area (Å²) < 4.78 is 33.6. The largest absolute Gasteiger partial charge is 0.391 e. The molecule has 0 bridgehead atoms. The predicted octanol–water partition coefficient (Wildman–Crippen LogP) is 2.47. The molecule has 0 saturated heterocycles. The lowest BCUT2D eigenvalue weighted by atomic mass is 10.1. The Hall–Kier alpha value is -2.22. The van der Waals surface area contributed by atoms with Crippen LogP contribution in [0.25, 0.3) is 11.0 Å². The number of nitrogens with zero attached hydrogens (tertiary/aromatic N) is 1. The number of aliphatic hydroxyl groups is 1. The van der Waals surface area contributed by atoms with Crippen LogP contribution in [0.2, 0.25) is 0 Å². The van der Waals surface area contributed by atoms with Crippen LogP contribution in [0, 0.1) is 0 Å². The average molecular weight is 358 g/mol. The molecule has 0 unspecified atom stereocenters. The van der Waals surface area contributed by atoms with E-state index in [4.69, 9.17) is 4.52 Å². The summed E-state index contributed by atoms with van der Waals surface area (Å²) in [6.07, 6.45) is -0.349. The molecule has 0 amide bonds. The fourth-order valence-corrected chi connectivity index (χ4v) is 4.65. The Balaban J connectivity index is 1.66. The van der Waals surface area contributed by atoms with Crippen LogP contribution in [0.15, 0.2) is 53.1 Å². The molecule has 7 heteroatoms. The molecule has 3 aromatic rings. The molecule has 130 valence electrons. The molecule has 1 aromatic heterocycles. The van der Waals surface area contributed by atoms with Crippen LogP contribution in [0.4, 0.5) is 0 Å². The number of nitrogens with one attached hydrogen (secondary N) is 1. The lowest BCUT2D eigenvalue weighted by Crippen LogP contribution is -2.36. The van der Waals surface area contributed by atoms with Gasteiger partial charge in [-0.15, -0.1) is 0 Å². The Bertz CT molecular complexity index is 1030. The second-order valence-electron chi connectivity index (χ2n) is 6.32. The molecule has 0 fully saturated rings. The Labute approximate surface area is 145 Å². The highest BCUT2D eigenvalue weighted by Crippen LogP contribution is 2.34. The van der Waals surface area contributed by atoms with E-state index in [1.54, 1.807) is 25.1 Å². The molecular formula is C18H18N2O4S. The van der Waals surface area contributed by atoms with Gasteiger partial charge in [0, 0.05) is 11.8 Å². The van der Waals surface area contributed by atoms with Crippen LogP contribution in [0.1, 0.15) is 35.0 Å². The van der Waals surface area contributed by atoms with Crippen LogP contribution in [-0.4, -0.2) is 24.8 Å². The van der Waals surface area contributed by atoms with Gasteiger partial charge >= 0.3 is 0 Å². The topological polar surface area (TPSA) is 92.4 Å². The van der Waals surface area contributed by atoms with Gasteiger partial charge in [-0.3, -0.25) is 0 Å². The van der Waals surface area contributed by atoms with Crippen molar-refractivity contribution < 1.29 is 18.0 Å². The van der Waals surface area contributed by atoms with E-state index in [2.05, 4.69) is 9.88 Å². The van der Waals surface area contributed by atoms with E-state index in [-0.39, 0.29) is 0 Å². The van der Waals surface area contributed by atoms with Gasteiger partial charge < -0.3 is 9.63 Å². The molecule has 0 radical (unpaired) electrons. The zero-order valence-corrected chi connectivity index (χ0v) is 14.4. The zero-order chi connectivity index (χ0) is 17.6.